The first-order chi connectivity index (χ1) is 8.31. The summed E-state index contributed by atoms with van der Waals surface area (Å²) >= 11 is 0. The Balaban J connectivity index is 1.80. The van der Waals surface area contributed by atoms with Gasteiger partial charge in [0.25, 0.3) is 0 Å². The number of rotatable bonds is 7. The van der Waals surface area contributed by atoms with Crippen molar-refractivity contribution in [3.63, 3.8) is 0 Å². The molecule has 3 nitrogen and oxygen atoms in total. The number of benzene rings is 1. The van der Waals surface area contributed by atoms with Gasteiger partial charge in [0.1, 0.15) is 0 Å². The van der Waals surface area contributed by atoms with Gasteiger partial charge < -0.3 is 15.0 Å². The summed E-state index contributed by atoms with van der Waals surface area (Å²) in [5, 5.41) is 3.35. The number of ether oxygens (including phenoxy) is 1. The molecule has 1 fully saturated rings. The van der Waals surface area contributed by atoms with Crippen LogP contribution in [0.3, 0.4) is 0 Å². The van der Waals surface area contributed by atoms with Crippen LogP contribution < -0.4 is 10.2 Å². The molecule has 17 heavy (non-hydrogen) atoms. The molecule has 0 saturated heterocycles. The summed E-state index contributed by atoms with van der Waals surface area (Å²) in [6, 6.07) is 9.61. The molecule has 1 saturated carbocycles. The SMILES string of the molecule is COCCNCc1ccc(N(C)C2CC2)cc1. The van der Waals surface area contributed by atoms with E-state index in [1.807, 2.05) is 0 Å². The van der Waals surface area contributed by atoms with Gasteiger partial charge >= 0.3 is 0 Å². The molecule has 0 radical (unpaired) electrons. The molecule has 0 heterocycles. The van der Waals surface area contributed by atoms with Gasteiger partial charge in [0.2, 0.25) is 0 Å². The summed E-state index contributed by atoms with van der Waals surface area (Å²) in [5.74, 6) is 0. The molecule has 0 bridgehead atoms. The van der Waals surface area contributed by atoms with Gasteiger partial charge in [-0.25, -0.2) is 0 Å². The van der Waals surface area contributed by atoms with E-state index < -0.39 is 0 Å². The van der Waals surface area contributed by atoms with Crippen molar-refractivity contribution in [1.82, 2.24) is 5.32 Å². The maximum Gasteiger partial charge on any atom is 0.0587 e. The Labute approximate surface area is 104 Å². The van der Waals surface area contributed by atoms with E-state index in [0.717, 1.165) is 25.7 Å². The minimum absolute atomic E-state index is 0.766. The zero-order valence-electron chi connectivity index (χ0n) is 10.8. The van der Waals surface area contributed by atoms with Crippen molar-refractivity contribution in [3.8, 4) is 0 Å². The molecule has 3 heteroatoms. The summed E-state index contributed by atoms with van der Waals surface area (Å²) in [6.45, 7) is 2.58. The van der Waals surface area contributed by atoms with Crippen molar-refractivity contribution in [1.29, 1.82) is 0 Å². The second kappa shape index (κ2) is 6.03. The number of hydrogen-bond donors (Lipinski definition) is 1. The summed E-state index contributed by atoms with van der Waals surface area (Å²) in [4.78, 5) is 2.38. The highest BCUT2D eigenvalue weighted by Crippen LogP contribution is 2.29. The molecule has 0 aromatic heterocycles. The van der Waals surface area contributed by atoms with Crippen molar-refractivity contribution in [3.05, 3.63) is 29.8 Å². The molecule has 1 aliphatic rings. The molecule has 0 atom stereocenters. The Morgan fingerprint density at radius 2 is 2.00 bits per heavy atom. The van der Waals surface area contributed by atoms with E-state index in [9.17, 15) is 0 Å². The van der Waals surface area contributed by atoms with Crippen molar-refractivity contribution in [2.24, 2.45) is 0 Å². The molecule has 1 aromatic carbocycles. The molecule has 1 aliphatic carbocycles. The highest BCUT2D eigenvalue weighted by atomic mass is 16.5. The minimum Gasteiger partial charge on any atom is -0.383 e. The fourth-order valence-electron chi connectivity index (χ4n) is 1.93. The Morgan fingerprint density at radius 1 is 1.29 bits per heavy atom. The Morgan fingerprint density at radius 3 is 2.59 bits per heavy atom. The maximum absolute atomic E-state index is 4.99. The topological polar surface area (TPSA) is 24.5 Å². The van der Waals surface area contributed by atoms with Crippen LogP contribution >= 0.6 is 0 Å². The molecule has 1 N–H and O–H groups in total. The molecular formula is C14H22N2O. The van der Waals surface area contributed by atoms with Crippen LogP contribution in [0.15, 0.2) is 24.3 Å². The molecular weight excluding hydrogens is 212 g/mol. The third-order valence-corrected chi connectivity index (χ3v) is 3.25. The van der Waals surface area contributed by atoms with Gasteiger partial charge in [-0.05, 0) is 30.5 Å². The molecule has 2 rings (SSSR count). The van der Waals surface area contributed by atoms with E-state index in [1.165, 1.54) is 24.1 Å². The van der Waals surface area contributed by atoms with Crippen LogP contribution in [-0.4, -0.2) is 33.4 Å². The number of anilines is 1. The van der Waals surface area contributed by atoms with E-state index in [2.05, 4.69) is 41.5 Å². The van der Waals surface area contributed by atoms with Crippen LogP contribution in [0.2, 0.25) is 0 Å². The third kappa shape index (κ3) is 3.72. The van der Waals surface area contributed by atoms with Gasteiger partial charge in [-0.2, -0.15) is 0 Å². The zero-order valence-corrected chi connectivity index (χ0v) is 10.8. The summed E-state index contributed by atoms with van der Waals surface area (Å²) in [6.07, 6.45) is 2.69. The molecule has 0 spiro atoms. The molecule has 1 aromatic rings. The van der Waals surface area contributed by atoms with Crippen LogP contribution in [0.1, 0.15) is 18.4 Å². The maximum atomic E-state index is 4.99. The fraction of sp³-hybridized carbons (Fsp3) is 0.571. The van der Waals surface area contributed by atoms with Crippen molar-refractivity contribution < 1.29 is 4.74 Å². The lowest BCUT2D eigenvalue weighted by atomic mass is 10.2. The largest absolute Gasteiger partial charge is 0.383 e. The van der Waals surface area contributed by atoms with Crippen molar-refractivity contribution in [2.45, 2.75) is 25.4 Å². The van der Waals surface area contributed by atoms with Crippen LogP contribution in [-0.2, 0) is 11.3 Å². The second-order valence-electron chi connectivity index (χ2n) is 4.68. The normalized spacial score (nSPS) is 14.9. The summed E-state index contributed by atoms with van der Waals surface area (Å²) in [7, 11) is 3.91. The highest BCUT2D eigenvalue weighted by Gasteiger charge is 2.26. The van der Waals surface area contributed by atoms with Gasteiger partial charge in [-0.1, -0.05) is 12.1 Å². The monoisotopic (exact) mass is 234 g/mol. The first-order valence-corrected chi connectivity index (χ1v) is 6.32. The van der Waals surface area contributed by atoms with E-state index in [1.54, 1.807) is 7.11 Å². The smallest absolute Gasteiger partial charge is 0.0587 e. The van der Waals surface area contributed by atoms with E-state index in [4.69, 9.17) is 4.74 Å². The minimum atomic E-state index is 0.766. The lowest BCUT2D eigenvalue weighted by molar-refractivity contribution is 0.199. The third-order valence-electron chi connectivity index (χ3n) is 3.25. The predicted molar refractivity (Wildman–Crippen MR) is 71.4 cm³/mol. The van der Waals surface area contributed by atoms with Crippen molar-refractivity contribution >= 4 is 5.69 Å². The molecule has 0 aliphatic heterocycles. The van der Waals surface area contributed by atoms with Crippen molar-refractivity contribution in [2.75, 3.05) is 32.2 Å². The van der Waals surface area contributed by atoms with Gasteiger partial charge in [0.05, 0.1) is 6.61 Å². The van der Waals surface area contributed by atoms with E-state index in [0.29, 0.717) is 0 Å². The van der Waals surface area contributed by atoms with E-state index in [-0.39, 0.29) is 0 Å². The second-order valence-corrected chi connectivity index (χ2v) is 4.68. The Bertz CT molecular complexity index is 333. The summed E-state index contributed by atoms with van der Waals surface area (Å²) in [5.41, 5.74) is 2.65. The highest BCUT2D eigenvalue weighted by molar-refractivity contribution is 5.48. The fourth-order valence-corrected chi connectivity index (χ4v) is 1.93. The first kappa shape index (κ1) is 12.4. The lowest BCUT2D eigenvalue weighted by Crippen LogP contribution is -2.20. The number of nitrogens with one attached hydrogen (secondary N) is 1. The van der Waals surface area contributed by atoms with E-state index >= 15 is 0 Å². The lowest BCUT2D eigenvalue weighted by Gasteiger charge is -2.18. The first-order valence-electron chi connectivity index (χ1n) is 6.32. The number of hydrogen-bond acceptors (Lipinski definition) is 3. The van der Waals surface area contributed by atoms with Gasteiger partial charge in [-0.15, -0.1) is 0 Å². The molecule has 0 unspecified atom stereocenters. The van der Waals surface area contributed by atoms with Crippen LogP contribution in [0.5, 0.6) is 0 Å². The number of methoxy groups -OCH3 is 1. The average molecular weight is 234 g/mol. The summed E-state index contributed by atoms with van der Waals surface area (Å²) < 4.78 is 4.99. The number of nitrogens with zero attached hydrogens (tertiary/aromatic N) is 1. The average Bonchev–Trinajstić information content (AvgIpc) is 3.19. The quantitative estimate of drug-likeness (QED) is 0.731. The van der Waals surface area contributed by atoms with Gasteiger partial charge in [0.15, 0.2) is 0 Å². The Hall–Kier alpha value is -1.06. The molecule has 94 valence electrons. The van der Waals surface area contributed by atoms with Gasteiger partial charge in [0, 0.05) is 39.0 Å². The van der Waals surface area contributed by atoms with Crippen LogP contribution in [0, 0.1) is 0 Å². The predicted octanol–water partition coefficient (Wildman–Crippen LogP) is 2.02. The zero-order chi connectivity index (χ0) is 12.1. The van der Waals surface area contributed by atoms with Gasteiger partial charge in [-0.3, -0.25) is 0 Å². The van der Waals surface area contributed by atoms with Crippen LogP contribution in [0.4, 0.5) is 5.69 Å². The standard InChI is InChI=1S/C14H22N2O/c1-16(14-7-8-14)13-5-3-12(4-6-13)11-15-9-10-17-2/h3-6,14-15H,7-11H2,1-2H3. The van der Waals surface area contributed by atoms with Crippen LogP contribution in [0.25, 0.3) is 0 Å². The Kier molecular flexibility index (Phi) is 4.40. The molecule has 0 amide bonds.